The molecule has 2 saturated heterocycles. The fraction of sp³-hybridized carbons (Fsp3) is 0.697. The molecule has 12 atom stereocenters. The molecule has 278 valence electrons. The van der Waals surface area contributed by atoms with Gasteiger partial charge in [-0.25, -0.2) is 9.59 Å². The molecule has 16 heteroatoms. The summed E-state index contributed by atoms with van der Waals surface area (Å²) < 4.78 is 27.1. The number of hydrogen-bond donors (Lipinski definition) is 6. The van der Waals surface area contributed by atoms with Gasteiger partial charge < -0.3 is 54.3 Å². The molecule has 1 aromatic carbocycles. The normalized spacial score (nSPS) is 32.2. The highest BCUT2D eigenvalue weighted by Crippen LogP contribution is 2.49. The van der Waals surface area contributed by atoms with Crippen LogP contribution >= 0.6 is 11.8 Å². The van der Waals surface area contributed by atoms with E-state index in [9.17, 15) is 39.6 Å². The Hall–Kier alpha value is -2.83. The van der Waals surface area contributed by atoms with Gasteiger partial charge in [0, 0.05) is 43.4 Å². The number of aliphatic hydroxyl groups is 5. The second kappa shape index (κ2) is 18.4. The SMILES string of the molecule is COC(=O)[C@@]1(Sc2ccccc2)CC(C)[C@@H](C)[C@H]([C@H](C)[C@H](COC(C)=O)OC(C)=O)O1.C[C@@H]1C(O)C[C@](O)(C(=O)O)O[C@H]1[C@H](O)[C@@H](O)CO. The molecular weight excluding hydrogens is 668 g/mol. The summed E-state index contributed by atoms with van der Waals surface area (Å²) >= 11 is 1.33. The van der Waals surface area contributed by atoms with Crippen LogP contribution in [0.4, 0.5) is 0 Å². The molecule has 0 saturated carbocycles. The maximum absolute atomic E-state index is 13.0. The molecule has 0 aliphatic carbocycles. The summed E-state index contributed by atoms with van der Waals surface area (Å²) in [4.78, 5) is 46.5. The Labute approximate surface area is 289 Å². The van der Waals surface area contributed by atoms with E-state index >= 15 is 0 Å². The van der Waals surface area contributed by atoms with Crippen LogP contribution in [0.5, 0.6) is 0 Å². The largest absolute Gasteiger partial charge is 0.477 e. The zero-order chi connectivity index (χ0) is 37.3. The predicted molar refractivity (Wildman–Crippen MR) is 173 cm³/mol. The van der Waals surface area contributed by atoms with Crippen molar-refractivity contribution in [3.8, 4) is 0 Å². The van der Waals surface area contributed by atoms with E-state index in [1.165, 1.54) is 39.6 Å². The highest BCUT2D eigenvalue weighted by molar-refractivity contribution is 8.01. The Bertz CT molecular complexity index is 1250. The third-order valence-electron chi connectivity index (χ3n) is 8.92. The first-order chi connectivity index (χ1) is 22.8. The van der Waals surface area contributed by atoms with Crippen LogP contribution in [-0.4, -0.2) is 122 Å². The van der Waals surface area contributed by atoms with Crippen molar-refractivity contribution in [3.63, 3.8) is 0 Å². The number of aliphatic hydroxyl groups excluding tert-OH is 4. The Morgan fingerprint density at radius 1 is 0.980 bits per heavy atom. The zero-order valence-corrected chi connectivity index (χ0v) is 29.6. The van der Waals surface area contributed by atoms with Crippen LogP contribution in [-0.2, 0) is 42.9 Å². The lowest BCUT2D eigenvalue weighted by atomic mass is 9.77. The van der Waals surface area contributed by atoms with Crippen LogP contribution in [0.2, 0.25) is 0 Å². The number of thioether (sulfide) groups is 1. The minimum Gasteiger partial charge on any atom is -0.477 e. The molecule has 2 unspecified atom stereocenters. The van der Waals surface area contributed by atoms with Gasteiger partial charge in [0.2, 0.25) is 4.93 Å². The number of carbonyl (C=O) groups excluding carboxylic acids is 3. The fourth-order valence-electron chi connectivity index (χ4n) is 5.80. The summed E-state index contributed by atoms with van der Waals surface area (Å²) in [6.45, 7) is 9.26. The minimum atomic E-state index is -2.62. The molecule has 6 N–H and O–H groups in total. The smallest absolute Gasteiger partial charge is 0.364 e. The third-order valence-corrected chi connectivity index (χ3v) is 10.2. The van der Waals surface area contributed by atoms with Crippen molar-refractivity contribution in [3.05, 3.63) is 30.3 Å². The number of rotatable bonds is 12. The maximum Gasteiger partial charge on any atom is 0.364 e. The summed E-state index contributed by atoms with van der Waals surface area (Å²) in [5, 5.41) is 55.9. The first-order valence-electron chi connectivity index (χ1n) is 15.9. The second-order valence-corrected chi connectivity index (χ2v) is 14.0. The van der Waals surface area contributed by atoms with Gasteiger partial charge in [0.25, 0.3) is 5.79 Å². The van der Waals surface area contributed by atoms with Crippen LogP contribution in [0, 0.1) is 23.7 Å². The van der Waals surface area contributed by atoms with Crippen LogP contribution in [0.3, 0.4) is 0 Å². The molecule has 49 heavy (non-hydrogen) atoms. The summed E-state index contributed by atoms with van der Waals surface area (Å²) in [5.41, 5.74) is 0. The lowest BCUT2D eigenvalue weighted by Crippen LogP contribution is -2.60. The minimum absolute atomic E-state index is 0.0690. The van der Waals surface area contributed by atoms with Crippen molar-refractivity contribution in [1.82, 2.24) is 0 Å². The number of carbonyl (C=O) groups is 4. The molecule has 1 aromatic rings. The molecule has 0 radical (unpaired) electrons. The monoisotopic (exact) mass is 718 g/mol. The quantitative estimate of drug-likeness (QED) is 0.131. The Kier molecular flexibility index (Phi) is 15.9. The molecule has 0 aromatic heterocycles. The number of ether oxygens (including phenoxy) is 5. The summed E-state index contributed by atoms with van der Waals surface area (Å²) in [6, 6.07) is 9.55. The van der Waals surface area contributed by atoms with Gasteiger partial charge >= 0.3 is 23.9 Å². The van der Waals surface area contributed by atoms with Gasteiger partial charge in [-0.3, -0.25) is 9.59 Å². The molecule has 2 heterocycles. The van der Waals surface area contributed by atoms with Gasteiger partial charge in [0.1, 0.15) is 24.9 Å². The van der Waals surface area contributed by atoms with E-state index in [0.717, 1.165) is 4.90 Å². The lowest BCUT2D eigenvalue weighted by molar-refractivity contribution is -0.302. The van der Waals surface area contributed by atoms with Crippen LogP contribution in [0.25, 0.3) is 0 Å². The van der Waals surface area contributed by atoms with Gasteiger partial charge in [-0.15, -0.1) is 0 Å². The van der Waals surface area contributed by atoms with Crippen molar-refractivity contribution in [1.29, 1.82) is 0 Å². The van der Waals surface area contributed by atoms with Crippen molar-refractivity contribution in [2.75, 3.05) is 20.3 Å². The highest BCUT2D eigenvalue weighted by atomic mass is 32.2. The average molecular weight is 719 g/mol. The van der Waals surface area contributed by atoms with E-state index in [1.807, 2.05) is 37.3 Å². The average Bonchev–Trinajstić information content (AvgIpc) is 3.05. The molecule has 0 spiro atoms. The molecule has 0 amide bonds. The molecule has 15 nitrogen and oxygen atoms in total. The van der Waals surface area contributed by atoms with E-state index < -0.39 is 90.2 Å². The van der Waals surface area contributed by atoms with Crippen LogP contribution < -0.4 is 0 Å². The fourth-order valence-corrected chi connectivity index (χ4v) is 7.15. The molecule has 2 aliphatic rings. The number of esters is 3. The lowest BCUT2D eigenvalue weighted by Gasteiger charge is -2.47. The van der Waals surface area contributed by atoms with E-state index in [4.69, 9.17) is 33.9 Å². The molecule has 2 aliphatic heterocycles. The molecule has 2 fully saturated rings. The number of hydrogen-bond acceptors (Lipinski definition) is 15. The maximum atomic E-state index is 13.0. The van der Waals surface area contributed by atoms with Crippen LogP contribution in [0.1, 0.15) is 54.4 Å². The van der Waals surface area contributed by atoms with Gasteiger partial charge in [0.15, 0.2) is 0 Å². The Morgan fingerprint density at radius 2 is 1.59 bits per heavy atom. The first kappa shape index (κ1) is 42.3. The van der Waals surface area contributed by atoms with Crippen molar-refractivity contribution < 1.29 is 73.5 Å². The summed E-state index contributed by atoms with van der Waals surface area (Å²) in [6.07, 6.45) is -6.89. The number of benzene rings is 1. The van der Waals surface area contributed by atoms with Crippen molar-refractivity contribution >= 4 is 35.6 Å². The topological polar surface area (TPSA) is 236 Å². The zero-order valence-electron chi connectivity index (χ0n) is 28.8. The Morgan fingerprint density at radius 3 is 2.10 bits per heavy atom. The van der Waals surface area contributed by atoms with E-state index in [2.05, 4.69) is 13.8 Å². The van der Waals surface area contributed by atoms with Gasteiger partial charge in [-0.05, 0) is 24.0 Å². The first-order valence-corrected chi connectivity index (χ1v) is 16.7. The van der Waals surface area contributed by atoms with Gasteiger partial charge in [0.05, 0.1) is 32.0 Å². The highest BCUT2D eigenvalue weighted by Gasteiger charge is 2.54. The number of carboxylic acids is 1. The van der Waals surface area contributed by atoms with E-state index in [1.54, 1.807) is 0 Å². The summed E-state index contributed by atoms with van der Waals surface area (Å²) in [7, 11) is 1.35. The van der Waals surface area contributed by atoms with Crippen molar-refractivity contribution in [2.45, 2.75) is 107 Å². The van der Waals surface area contributed by atoms with Gasteiger partial charge in [-0.2, -0.15) is 0 Å². The second-order valence-electron chi connectivity index (χ2n) is 12.6. The number of methoxy groups -OCH3 is 1. The van der Waals surface area contributed by atoms with E-state index in [0.29, 0.717) is 6.42 Å². The Balaban J connectivity index is 0.000000393. The molecule has 0 bridgehead atoms. The van der Waals surface area contributed by atoms with Gasteiger partial charge in [-0.1, -0.05) is 57.7 Å². The van der Waals surface area contributed by atoms with Crippen molar-refractivity contribution in [2.24, 2.45) is 23.7 Å². The molecular formula is C33H50O15S. The third kappa shape index (κ3) is 11.1. The number of aliphatic carboxylic acids is 1. The molecule has 3 rings (SSSR count). The predicted octanol–water partition coefficient (Wildman–Crippen LogP) is 1.10. The standard InChI is InChI=1S/C23H32O7S.C10H18O8/c1-14-12-23(22(26)27-6,31-19-10-8-7-9-11-19)30-21(15(14)2)16(3)20(29-18(5)25)13-28-17(4)24;1-4-5(12)2-10(17,9(15)16)18-8(4)7(14)6(13)3-11/h7-11,14-16,20-21H,12-13H2,1-6H3;4-8,11-14,17H,2-3H2,1H3,(H,15,16)/t14?,15-,16-,20+,21-,23+;4-,5?,6+,7-,8-,10-/m11/s1. The summed E-state index contributed by atoms with van der Waals surface area (Å²) in [5.74, 6) is -6.54. The number of carboxylic acid groups (broad SMARTS) is 1. The van der Waals surface area contributed by atoms with E-state index in [-0.39, 0.29) is 24.4 Å². The van der Waals surface area contributed by atoms with Crippen LogP contribution in [0.15, 0.2) is 35.2 Å².